The smallest absolute Gasteiger partial charge is 0.252 e. The topological polar surface area (TPSA) is 70.7 Å². The standard InChI is InChI=1S/C23H29N3O3/c1-26-14-12-17(13-15-26)16-24-23(28)21(18-6-4-3-5-7-18)25-22(27)19-8-10-20(29-2)11-9-19/h3-11,17,21H,12-16H2,1-2H3,(H,24,28)(H,25,27)/t21-/m1/s1. The number of ether oxygens (including phenoxy) is 1. The Labute approximate surface area is 172 Å². The van der Waals surface area contributed by atoms with Gasteiger partial charge in [-0.1, -0.05) is 30.3 Å². The number of methoxy groups -OCH3 is 1. The van der Waals surface area contributed by atoms with Crippen molar-refractivity contribution in [1.82, 2.24) is 15.5 Å². The van der Waals surface area contributed by atoms with Gasteiger partial charge in [0.1, 0.15) is 11.8 Å². The quantitative estimate of drug-likeness (QED) is 0.756. The highest BCUT2D eigenvalue weighted by Crippen LogP contribution is 2.18. The number of carbonyl (C=O) groups excluding carboxylic acids is 2. The first-order valence-electron chi connectivity index (χ1n) is 10.0. The highest BCUT2D eigenvalue weighted by molar-refractivity contribution is 5.98. The minimum absolute atomic E-state index is 0.183. The van der Waals surface area contributed by atoms with E-state index in [4.69, 9.17) is 4.74 Å². The van der Waals surface area contributed by atoms with Gasteiger partial charge in [-0.3, -0.25) is 9.59 Å². The molecule has 2 aromatic rings. The van der Waals surface area contributed by atoms with Gasteiger partial charge in [-0.25, -0.2) is 0 Å². The second kappa shape index (κ2) is 10.1. The Morgan fingerprint density at radius 3 is 2.34 bits per heavy atom. The molecule has 0 spiro atoms. The van der Waals surface area contributed by atoms with Crippen LogP contribution in [0.3, 0.4) is 0 Å². The summed E-state index contributed by atoms with van der Waals surface area (Å²) in [7, 11) is 3.70. The van der Waals surface area contributed by atoms with Gasteiger partial charge in [0.15, 0.2) is 0 Å². The number of likely N-dealkylation sites (tertiary alicyclic amines) is 1. The number of benzene rings is 2. The molecular weight excluding hydrogens is 366 g/mol. The molecule has 0 unspecified atom stereocenters. The minimum Gasteiger partial charge on any atom is -0.497 e. The van der Waals surface area contributed by atoms with Crippen molar-refractivity contribution in [1.29, 1.82) is 0 Å². The molecule has 154 valence electrons. The largest absolute Gasteiger partial charge is 0.497 e. The van der Waals surface area contributed by atoms with Crippen LogP contribution in [0.15, 0.2) is 54.6 Å². The van der Waals surface area contributed by atoms with Crippen molar-refractivity contribution in [3.8, 4) is 5.75 Å². The zero-order valence-corrected chi connectivity index (χ0v) is 17.1. The van der Waals surface area contributed by atoms with Gasteiger partial charge in [0.25, 0.3) is 5.91 Å². The summed E-state index contributed by atoms with van der Waals surface area (Å²) in [6, 6.07) is 15.4. The molecule has 1 aliphatic heterocycles. The Balaban J connectivity index is 1.67. The molecule has 2 amide bonds. The molecule has 0 aliphatic carbocycles. The molecular formula is C23H29N3O3. The van der Waals surface area contributed by atoms with Crippen LogP contribution >= 0.6 is 0 Å². The molecule has 0 bridgehead atoms. The molecule has 29 heavy (non-hydrogen) atoms. The van der Waals surface area contributed by atoms with Gasteiger partial charge < -0.3 is 20.3 Å². The molecule has 0 aromatic heterocycles. The van der Waals surface area contributed by atoms with Gasteiger partial charge in [0.2, 0.25) is 5.91 Å². The van der Waals surface area contributed by atoms with Gasteiger partial charge in [-0.15, -0.1) is 0 Å². The van der Waals surface area contributed by atoms with Crippen LogP contribution in [0.4, 0.5) is 0 Å². The van der Waals surface area contributed by atoms with Crippen LogP contribution in [0.1, 0.15) is 34.8 Å². The first kappa shape index (κ1) is 20.9. The summed E-state index contributed by atoms with van der Waals surface area (Å²) in [5.74, 6) is 0.675. The second-order valence-corrected chi connectivity index (χ2v) is 7.54. The van der Waals surface area contributed by atoms with E-state index in [1.807, 2.05) is 30.3 Å². The highest BCUT2D eigenvalue weighted by Gasteiger charge is 2.25. The molecule has 2 aromatic carbocycles. The zero-order chi connectivity index (χ0) is 20.6. The Morgan fingerprint density at radius 2 is 1.72 bits per heavy atom. The normalized spacial score (nSPS) is 16.1. The molecule has 1 heterocycles. The molecule has 3 rings (SSSR count). The van der Waals surface area contributed by atoms with E-state index < -0.39 is 6.04 Å². The first-order chi connectivity index (χ1) is 14.1. The van der Waals surface area contributed by atoms with Gasteiger partial charge in [-0.05, 0) is 68.7 Å². The fraction of sp³-hybridized carbons (Fsp3) is 0.391. The summed E-state index contributed by atoms with van der Waals surface area (Å²) in [5.41, 5.74) is 1.24. The fourth-order valence-corrected chi connectivity index (χ4v) is 3.52. The lowest BCUT2D eigenvalue weighted by Gasteiger charge is -2.29. The summed E-state index contributed by atoms with van der Waals surface area (Å²) in [6.45, 7) is 2.74. The monoisotopic (exact) mass is 395 g/mol. The number of nitrogens with zero attached hydrogens (tertiary/aromatic N) is 1. The van der Waals surface area contributed by atoms with Crippen LogP contribution in [0.2, 0.25) is 0 Å². The average Bonchev–Trinajstić information content (AvgIpc) is 2.77. The fourth-order valence-electron chi connectivity index (χ4n) is 3.52. The van der Waals surface area contributed by atoms with E-state index in [1.165, 1.54) is 0 Å². The van der Waals surface area contributed by atoms with E-state index in [-0.39, 0.29) is 11.8 Å². The third-order valence-corrected chi connectivity index (χ3v) is 5.43. The minimum atomic E-state index is -0.739. The predicted octanol–water partition coefficient (Wildman–Crippen LogP) is 2.62. The number of hydrogen-bond acceptors (Lipinski definition) is 4. The van der Waals surface area contributed by atoms with Gasteiger partial charge in [0, 0.05) is 12.1 Å². The third-order valence-electron chi connectivity index (χ3n) is 5.43. The molecule has 2 N–H and O–H groups in total. The number of rotatable bonds is 7. The molecule has 6 heteroatoms. The van der Waals surface area contributed by atoms with Crippen molar-refractivity contribution >= 4 is 11.8 Å². The van der Waals surface area contributed by atoms with E-state index in [0.29, 0.717) is 23.8 Å². The van der Waals surface area contributed by atoms with Gasteiger partial charge in [-0.2, -0.15) is 0 Å². The van der Waals surface area contributed by atoms with Crippen LogP contribution in [0.5, 0.6) is 5.75 Å². The maximum absolute atomic E-state index is 13.0. The summed E-state index contributed by atoms with van der Waals surface area (Å²) in [5, 5.41) is 5.93. The summed E-state index contributed by atoms with van der Waals surface area (Å²) in [6.07, 6.45) is 2.15. The Hall–Kier alpha value is -2.86. The lowest BCUT2D eigenvalue weighted by atomic mass is 9.97. The third kappa shape index (κ3) is 5.81. The number of amides is 2. The van der Waals surface area contributed by atoms with E-state index in [9.17, 15) is 9.59 Å². The van der Waals surface area contributed by atoms with Crippen LogP contribution in [0.25, 0.3) is 0 Å². The Morgan fingerprint density at radius 1 is 1.07 bits per heavy atom. The number of hydrogen-bond donors (Lipinski definition) is 2. The van der Waals surface area contributed by atoms with Crippen molar-refractivity contribution in [2.75, 3.05) is 33.8 Å². The van der Waals surface area contributed by atoms with Crippen LogP contribution in [0, 0.1) is 5.92 Å². The van der Waals surface area contributed by atoms with Gasteiger partial charge in [0.05, 0.1) is 7.11 Å². The number of piperidine rings is 1. The van der Waals surface area contributed by atoms with Crippen molar-refractivity contribution < 1.29 is 14.3 Å². The Kier molecular flexibility index (Phi) is 7.25. The zero-order valence-electron chi connectivity index (χ0n) is 17.1. The molecule has 6 nitrogen and oxygen atoms in total. The average molecular weight is 396 g/mol. The SMILES string of the molecule is COc1ccc(C(=O)N[C@@H](C(=O)NCC2CCN(C)CC2)c2ccccc2)cc1. The molecule has 1 aliphatic rings. The highest BCUT2D eigenvalue weighted by atomic mass is 16.5. The predicted molar refractivity (Wildman–Crippen MR) is 113 cm³/mol. The molecule has 0 saturated carbocycles. The lowest BCUT2D eigenvalue weighted by Crippen LogP contribution is -2.43. The maximum atomic E-state index is 13.0. The number of carbonyl (C=O) groups is 2. The van der Waals surface area contributed by atoms with E-state index in [0.717, 1.165) is 31.5 Å². The summed E-state index contributed by atoms with van der Waals surface area (Å²) in [4.78, 5) is 28.0. The van der Waals surface area contributed by atoms with Crippen molar-refractivity contribution in [3.05, 3.63) is 65.7 Å². The molecule has 1 fully saturated rings. The molecule has 1 saturated heterocycles. The second-order valence-electron chi connectivity index (χ2n) is 7.54. The van der Waals surface area contributed by atoms with Crippen LogP contribution in [-0.4, -0.2) is 50.5 Å². The Bertz CT molecular complexity index is 800. The maximum Gasteiger partial charge on any atom is 0.252 e. The molecule has 0 radical (unpaired) electrons. The lowest BCUT2D eigenvalue weighted by molar-refractivity contribution is -0.123. The van der Waals surface area contributed by atoms with E-state index >= 15 is 0 Å². The van der Waals surface area contributed by atoms with Crippen molar-refractivity contribution in [2.24, 2.45) is 5.92 Å². The van der Waals surface area contributed by atoms with Crippen molar-refractivity contribution in [2.45, 2.75) is 18.9 Å². The summed E-state index contributed by atoms with van der Waals surface area (Å²) >= 11 is 0. The summed E-state index contributed by atoms with van der Waals surface area (Å²) < 4.78 is 5.13. The van der Waals surface area contributed by atoms with Gasteiger partial charge >= 0.3 is 0 Å². The van der Waals surface area contributed by atoms with Crippen LogP contribution < -0.4 is 15.4 Å². The van der Waals surface area contributed by atoms with E-state index in [2.05, 4.69) is 22.6 Å². The van der Waals surface area contributed by atoms with E-state index in [1.54, 1.807) is 31.4 Å². The van der Waals surface area contributed by atoms with Crippen LogP contribution in [-0.2, 0) is 4.79 Å². The molecule has 1 atom stereocenters. The first-order valence-corrected chi connectivity index (χ1v) is 10.0. The van der Waals surface area contributed by atoms with Crippen molar-refractivity contribution in [3.63, 3.8) is 0 Å². The number of nitrogens with one attached hydrogen (secondary N) is 2.